The van der Waals surface area contributed by atoms with E-state index in [9.17, 15) is 4.79 Å². The predicted octanol–water partition coefficient (Wildman–Crippen LogP) is 1.84. The molecule has 1 aromatic carbocycles. The van der Waals surface area contributed by atoms with Crippen molar-refractivity contribution in [3.63, 3.8) is 0 Å². The van der Waals surface area contributed by atoms with Gasteiger partial charge in [0.05, 0.1) is 19.3 Å². The van der Waals surface area contributed by atoms with Crippen LogP contribution < -0.4 is 16.4 Å². The number of rotatable bonds is 5. The number of carbonyl (C=O) groups is 1. The molecule has 25 heavy (non-hydrogen) atoms. The number of nitrogens with one attached hydrogen (secondary N) is 2. The zero-order valence-electron chi connectivity index (χ0n) is 14.1. The molecule has 4 N–H and O–H groups in total. The van der Waals surface area contributed by atoms with Crippen LogP contribution in [-0.4, -0.2) is 47.4 Å². The standard InChI is InChI=1S/C16H22N6O2S/c1-11(14-20-21-15(17)25-14)18-16(23)19-13-5-3-2-4-12(13)10-22-6-8-24-9-7-22/h2-5,11H,6-10H2,1H3,(H2,17,21)(H2,18,19,23)/t11-/m1/s1. The number of aromatic nitrogens is 2. The molecule has 1 aromatic heterocycles. The third-order valence-corrected chi connectivity index (χ3v) is 4.87. The number of benzene rings is 1. The van der Waals surface area contributed by atoms with Gasteiger partial charge in [0.1, 0.15) is 5.01 Å². The average molecular weight is 362 g/mol. The Morgan fingerprint density at radius 3 is 2.84 bits per heavy atom. The number of ether oxygens (including phenoxy) is 1. The molecule has 2 aromatic rings. The summed E-state index contributed by atoms with van der Waals surface area (Å²) in [5.74, 6) is 0. The molecule has 0 spiro atoms. The van der Waals surface area contributed by atoms with Crippen molar-refractivity contribution in [2.75, 3.05) is 37.4 Å². The lowest BCUT2D eigenvalue weighted by molar-refractivity contribution is 0.0343. The second-order valence-corrected chi connectivity index (χ2v) is 6.89. The fraction of sp³-hybridized carbons (Fsp3) is 0.438. The number of nitrogen functional groups attached to an aromatic ring is 1. The first kappa shape index (κ1) is 17.6. The van der Waals surface area contributed by atoms with Crippen molar-refractivity contribution < 1.29 is 9.53 Å². The van der Waals surface area contributed by atoms with Crippen LogP contribution in [-0.2, 0) is 11.3 Å². The molecule has 0 bridgehead atoms. The highest BCUT2D eigenvalue weighted by Crippen LogP contribution is 2.20. The number of para-hydroxylation sites is 1. The van der Waals surface area contributed by atoms with Gasteiger partial charge >= 0.3 is 6.03 Å². The van der Waals surface area contributed by atoms with Crippen molar-refractivity contribution in [2.45, 2.75) is 19.5 Å². The van der Waals surface area contributed by atoms with Crippen LogP contribution in [0.5, 0.6) is 0 Å². The molecule has 1 aliphatic heterocycles. The maximum atomic E-state index is 12.3. The number of urea groups is 1. The molecular weight excluding hydrogens is 340 g/mol. The van der Waals surface area contributed by atoms with Crippen LogP contribution in [0.25, 0.3) is 0 Å². The van der Waals surface area contributed by atoms with Crippen LogP contribution in [0, 0.1) is 0 Å². The third kappa shape index (κ3) is 4.88. The summed E-state index contributed by atoms with van der Waals surface area (Å²) in [5.41, 5.74) is 7.46. The molecule has 3 rings (SSSR count). The largest absolute Gasteiger partial charge is 0.379 e. The van der Waals surface area contributed by atoms with Crippen molar-refractivity contribution >= 4 is 28.2 Å². The molecule has 1 atom stereocenters. The van der Waals surface area contributed by atoms with Gasteiger partial charge in [-0.25, -0.2) is 4.79 Å². The van der Waals surface area contributed by atoms with Crippen molar-refractivity contribution in [3.8, 4) is 0 Å². The second-order valence-electron chi connectivity index (χ2n) is 5.84. The Labute approximate surface area is 150 Å². The van der Waals surface area contributed by atoms with Gasteiger partial charge in [-0.3, -0.25) is 4.90 Å². The summed E-state index contributed by atoms with van der Waals surface area (Å²) in [6.45, 7) is 5.92. The fourth-order valence-corrected chi connectivity index (χ4v) is 3.23. The highest BCUT2D eigenvalue weighted by atomic mass is 32.1. The number of nitrogens with two attached hydrogens (primary N) is 1. The topological polar surface area (TPSA) is 105 Å². The lowest BCUT2D eigenvalue weighted by atomic mass is 10.1. The molecular formula is C16H22N6O2S. The maximum Gasteiger partial charge on any atom is 0.319 e. The minimum Gasteiger partial charge on any atom is -0.379 e. The smallest absolute Gasteiger partial charge is 0.319 e. The number of anilines is 2. The molecule has 0 radical (unpaired) electrons. The summed E-state index contributed by atoms with van der Waals surface area (Å²) >= 11 is 1.27. The van der Waals surface area contributed by atoms with Crippen molar-refractivity contribution in [3.05, 3.63) is 34.8 Å². The van der Waals surface area contributed by atoms with Gasteiger partial charge in [0.25, 0.3) is 0 Å². The van der Waals surface area contributed by atoms with E-state index < -0.39 is 0 Å². The van der Waals surface area contributed by atoms with Crippen LogP contribution in [0.3, 0.4) is 0 Å². The van der Waals surface area contributed by atoms with E-state index >= 15 is 0 Å². The molecule has 0 saturated carbocycles. The van der Waals surface area contributed by atoms with Gasteiger partial charge in [0, 0.05) is 25.3 Å². The Hall–Kier alpha value is -2.23. The average Bonchev–Trinajstić information content (AvgIpc) is 3.04. The summed E-state index contributed by atoms with van der Waals surface area (Å²) in [6.07, 6.45) is 0. The first-order chi connectivity index (χ1) is 12.1. The van der Waals surface area contributed by atoms with Crippen LogP contribution in [0.4, 0.5) is 15.6 Å². The van der Waals surface area contributed by atoms with Crippen LogP contribution in [0.2, 0.25) is 0 Å². The van der Waals surface area contributed by atoms with E-state index in [0.29, 0.717) is 10.1 Å². The third-order valence-electron chi connectivity index (χ3n) is 3.94. The molecule has 134 valence electrons. The quantitative estimate of drug-likeness (QED) is 0.749. The molecule has 0 aliphatic carbocycles. The summed E-state index contributed by atoms with van der Waals surface area (Å²) < 4.78 is 5.38. The highest BCUT2D eigenvalue weighted by molar-refractivity contribution is 7.15. The van der Waals surface area contributed by atoms with Crippen LogP contribution in [0.15, 0.2) is 24.3 Å². The molecule has 2 heterocycles. The zero-order valence-corrected chi connectivity index (χ0v) is 14.9. The van der Waals surface area contributed by atoms with Gasteiger partial charge in [0.2, 0.25) is 5.13 Å². The minimum absolute atomic E-state index is 0.263. The van der Waals surface area contributed by atoms with Gasteiger partial charge in [-0.1, -0.05) is 29.5 Å². The summed E-state index contributed by atoms with van der Waals surface area (Å²) in [7, 11) is 0. The molecule has 0 unspecified atom stereocenters. The summed E-state index contributed by atoms with van der Waals surface area (Å²) in [4.78, 5) is 14.6. The zero-order chi connectivity index (χ0) is 17.6. The SMILES string of the molecule is C[C@@H](NC(=O)Nc1ccccc1CN1CCOCC1)c1nnc(N)s1. The van der Waals surface area contributed by atoms with Crippen LogP contribution in [0.1, 0.15) is 23.5 Å². The second kappa shape index (κ2) is 8.24. The minimum atomic E-state index is -0.282. The van der Waals surface area contributed by atoms with E-state index in [4.69, 9.17) is 10.5 Å². The Morgan fingerprint density at radius 1 is 1.36 bits per heavy atom. The van der Waals surface area contributed by atoms with Gasteiger partial charge in [-0.05, 0) is 18.6 Å². The van der Waals surface area contributed by atoms with E-state index in [-0.39, 0.29) is 12.1 Å². The maximum absolute atomic E-state index is 12.3. The Kier molecular flexibility index (Phi) is 5.79. The van der Waals surface area contributed by atoms with Crippen molar-refractivity contribution in [2.24, 2.45) is 0 Å². The van der Waals surface area contributed by atoms with Gasteiger partial charge in [-0.2, -0.15) is 0 Å². The number of morpholine rings is 1. The number of carbonyl (C=O) groups excluding carboxylic acids is 1. The molecule has 1 fully saturated rings. The van der Waals surface area contributed by atoms with Crippen molar-refractivity contribution in [1.82, 2.24) is 20.4 Å². The summed E-state index contributed by atoms with van der Waals surface area (Å²) in [6, 6.07) is 7.28. The summed E-state index contributed by atoms with van der Waals surface area (Å²) in [5, 5.41) is 14.6. The van der Waals surface area contributed by atoms with E-state index in [1.54, 1.807) is 0 Å². The normalized spacial score (nSPS) is 16.4. The van der Waals surface area contributed by atoms with E-state index in [1.165, 1.54) is 11.3 Å². The molecule has 1 saturated heterocycles. The van der Waals surface area contributed by atoms with Crippen LogP contribution >= 0.6 is 11.3 Å². The Morgan fingerprint density at radius 2 is 2.12 bits per heavy atom. The van der Waals surface area contributed by atoms with Gasteiger partial charge < -0.3 is 21.1 Å². The first-order valence-corrected chi connectivity index (χ1v) is 8.98. The number of hydrogen-bond donors (Lipinski definition) is 3. The lowest BCUT2D eigenvalue weighted by Crippen LogP contribution is -2.36. The van der Waals surface area contributed by atoms with Crippen molar-refractivity contribution in [1.29, 1.82) is 0 Å². The predicted molar refractivity (Wildman–Crippen MR) is 97.4 cm³/mol. The van der Waals surface area contributed by atoms with E-state index in [1.807, 2.05) is 31.2 Å². The molecule has 9 heteroatoms. The molecule has 2 amide bonds. The monoisotopic (exact) mass is 362 g/mol. The number of nitrogens with zero attached hydrogens (tertiary/aromatic N) is 3. The lowest BCUT2D eigenvalue weighted by Gasteiger charge is -2.27. The molecule has 1 aliphatic rings. The number of amides is 2. The molecule has 8 nitrogen and oxygen atoms in total. The van der Waals surface area contributed by atoms with Gasteiger partial charge in [-0.15, -0.1) is 10.2 Å². The Bertz CT molecular complexity index is 716. The van der Waals surface area contributed by atoms with Gasteiger partial charge in [0.15, 0.2) is 0 Å². The van der Waals surface area contributed by atoms with E-state index in [0.717, 1.165) is 44.1 Å². The van der Waals surface area contributed by atoms with E-state index in [2.05, 4.69) is 25.7 Å². The highest BCUT2D eigenvalue weighted by Gasteiger charge is 2.16. The Balaban J connectivity index is 1.60. The first-order valence-electron chi connectivity index (χ1n) is 8.16. The fourth-order valence-electron chi connectivity index (χ4n) is 2.62. The number of hydrogen-bond acceptors (Lipinski definition) is 7.